The Morgan fingerprint density at radius 3 is 2.81 bits per heavy atom. The normalized spacial score (nSPS) is 29.3. The van der Waals surface area contributed by atoms with Gasteiger partial charge in [-0.15, -0.1) is 0 Å². The predicted octanol–water partition coefficient (Wildman–Crippen LogP) is 3.04. The summed E-state index contributed by atoms with van der Waals surface area (Å²) in [5.74, 6) is 3.40. The van der Waals surface area contributed by atoms with E-state index in [1.54, 1.807) is 0 Å². The highest BCUT2D eigenvalue weighted by atomic mass is 32.2. The minimum atomic E-state index is -0.00531. The molecular formula is C17H24N2OS. The van der Waals surface area contributed by atoms with E-state index in [4.69, 9.17) is 0 Å². The zero-order valence-electron chi connectivity index (χ0n) is 12.6. The lowest BCUT2D eigenvalue weighted by Gasteiger charge is -2.27. The van der Waals surface area contributed by atoms with Gasteiger partial charge in [0.05, 0.1) is 6.04 Å². The molecule has 0 spiro atoms. The van der Waals surface area contributed by atoms with Crippen molar-refractivity contribution in [3.8, 4) is 0 Å². The zero-order chi connectivity index (χ0) is 14.7. The van der Waals surface area contributed by atoms with Crippen molar-refractivity contribution in [2.45, 2.75) is 38.4 Å². The Morgan fingerprint density at radius 1 is 1.33 bits per heavy atom. The monoisotopic (exact) mass is 304 g/mol. The maximum atomic E-state index is 12.7. The van der Waals surface area contributed by atoms with Crippen LogP contribution in [0.3, 0.4) is 0 Å². The van der Waals surface area contributed by atoms with Crippen LogP contribution in [-0.2, 0) is 4.79 Å². The Bertz CT molecular complexity index is 473. The summed E-state index contributed by atoms with van der Waals surface area (Å²) in [7, 11) is 0. The van der Waals surface area contributed by atoms with E-state index >= 15 is 0 Å². The molecule has 4 heteroatoms. The number of carbonyl (C=O) groups is 1. The molecule has 3 rings (SSSR count). The van der Waals surface area contributed by atoms with Crippen LogP contribution >= 0.6 is 11.8 Å². The van der Waals surface area contributed by atoms with E-state index in [1.807, 2.05) is 17.8 Å². The average Bonchev–Trinajstić information content (AvgIpc) is 3.12. The predicted molar refractivity (Wildman–Crippen MR) is 88.2 cm³/mol. The maximum absolute atomic E-state index is 12.7. The molecule has 0 bridgehead atoms. The lowest BCUT2D eigenvalue weighted by atomic mass is 10.1. The fourth-order valence-corrected chi connectivity index (χ4v) is 4.56. The number of hydrogen-bond donors (Lipinski definition) is 1. The van der Waals surface area contributed by atoms with Crippen molar-refractivity contribution in [2.24, 2.45) is 5.92 Å². The third-order valence-corrected chi connectivity index (χ3v) is 5.65. The summed E-state index contributed by atoms with van der Waals surface area (Å²) in [5.41, 5.74) is 1.20. The van der Waals surface area contributed by atoms with Crippen molar-refractivity contribution in [2.75, 3.05) is 18.1 Å². The second-order valence-electron chi connectivity index (χ2n) is 6.04. The molecule has 1 aromatic carbocycles. The number of nitrogens with zero attached hydrogens (tertiary/aromatic N) is 1. The fourth-order valence-electron chi connectivity index (χ4n) is 3.29. The lowest BCUT2D eigenvalue weighted by Crippen LogP contribution is -2.35. The van der Waals surface area contributed by atoms with Crippen LogP contribution in [0.1, 0.15) is 37.9 Å². The minimum Gasteiger partial charge on any atom is -0.321 e. The smallest absolute Gasteiger partial charge is 0.241 e. The molecule has 0 saturated carbocycles. The van der Waals surface area contributed by atoms with E-state index in [2.05, 4.69) is 41.4 Å². The third-order valence-electron chi connectivity index (χ3n) is 4.42. The maximum Gasteiger partial charge on any atom is 0.241 e. The topological polar surface area (TPSA) is 32.3 Å². The van der Waals surface area contributed by atoms with Crippen LogP contribution in [-0.4, -0.2) is 34.9 Å². The van der Waals surface area contributed by atoms with Crippen molar-refractivity contribution in [1.29, 1.82) is 0 Å². The van der Waals surface area contributed by atoms with Gasteiger partial charge in [-0.2, -0.15) is 11.8 Å². The van der Waals surface area contributed by atoms with Gasteiger partial charge in [0.15, 0.2) is 0 Å². The summed E-state index contributed by atoms with van der Waals surface area (Å²) in [6, 6.07) is 10.4. The molecule has 2 heterocycles. The van der Waals surface area contributed by atoms with E-state index in [0.717, 1.165) is 19.4 Å². The van der Waals surface area contributed by atoms with Crippen molar-refractivity contribution in [1.82, 2.24) is 10.2 Å². The zero-order valence-corrected chi connectivity index (χ0v) is 13.4. The Morgan fingerprint density at radius 2 is 2.14 bits per heavy atom. The third kappa shape index (κ3) is 3.27. The molecule has 0 aliphatic carbocycles. The van der Waals surface area contributed by atoms with Gasteiger partial charge in [0.2, 0.25) is 5.91 Å². The van der Waals surface area contributed by atoms with Crippen LogP contribution in [0.2, 0.25) is 0 Å². The Labute approximate surface area is 131 Å². The molecule has 2 fully saturated rings. The highest BCUT2D eigenvalue weighted by Gasteiger charge is 2.40. The number of hydrogen-bond acceptors (Lipinski definition) is 3. The molecule has 3 nitrogen and oxygen atoms in total. The second-order valence-corrected chi connectivity index (χ2v) is 7.19. The van der Waals surface area contributed by atoms with Gasteiger partial charge < -0.3 is 4.90 Å². The molecule has 0 radical (unpaired) electrons. The van der Waals surface area contributed by atoms with E-state index in [9.17, 15) is 4.79 Å². The number of nitrogens with one attached hydrogen (secondary N) is 1. The lowest BCUT2D eigenvalue weighted by molar-refractivity contribution is -0.130. The Hall–Kier alpha value is -1.00. The minimum absolute atomic E-state index is 0.00531. The summed E-state index contributed by atoms with van der Waals surface area (Å²) in [6.07, 6.45) is 3.27. The molecule has 3 unspecified atom stereocenters. The van der Waals surface area contributed by atoms with Crippen LogP contribution in [0, 0.1) is 5.92 Å². The molecule has 21 heavy (non-hydrogen) atoms. The van der Waals surface area contributed by atoms with Gasteiger partial charge in [0.1, 0.15) is 6.17 Å². The summed E-state index contributed by atoms with van der Waals surface area (Å²) in [6.45, 7) is 3.04. The first-order valence-corrected chi connectivity index (χ1v) is 9.14. The van der Waals surface area contributed by atoms with Crippen LogP contribution in [0.15, 0.2) is 30.3 Å². The quantitative estimate of drug-likeness (QED) is 0.907. The molecule has 1 amide bonds. The molecule has 1 aromatic rings. The van der Waals surface area contributed by atoms with E-state index in [1.165, 1.54) is 23.5 Å². The molecule has 114 valence electrons. The molecule has 2 aliphatic rings. The summed E-state index contributed by atoms with van der Waals surface area (Å²) < 4.78 is 0. The first kappa shape index (κ1) is 14.9. The molecule has 2 aliphatic heterocycles. The van der Waals surface area contributed by atoms with E-state index < -0.39 is 0 Å². The van der Waals surface area contributed by atoms with Crippen molar-refractivity contribution in [3.63, 3.8) is 0 Å². The number of amides is 1. The van der Waals surface area contributed by atoms with Crippen LogP contribution in [0.5, 0.6) is 0 Å². The van der Waals surface area contributed by atoms with Crippen LogP contribution in [0.4, 0.5) is 0 Å². The van der Waals surface area contributed by atoms with Gasteiger partial charge in [-0.05, 0) is 35.8 Å². The van der Waals surface area contributed by atoms with Crippen molar-refractivity contribution >= 4 is 17.7 Å². The number of rotatable bonds is 5. The van der Waals surface area contributed by atoms with Crippen LogP contribution in [0.25, 0.3) is 0 Å². The van der Waals surface area contributed by atoms with Crippen molar-refractivity contribution < 1.29 is 4.79 Å². The van der Waals surface area contributed by atoms with Gasteiger partial charge in [-0.3, -0.25) is 10.1 Å². The number of benzene rings is 1. The van der Waals surface area contributed by atoms with Gasteiger partial charge in [-0.1, -0.05) is 43.7 Å². The average molecular weight is 304 g/mol. The standard InChI is InChI=1S/C17H24N2OS/c1-2-6-15-17(20)19(11-13-9-10-21-12-13)16(18-15)14-7-4-3-5-8-14/h3-5,7-8,13,15-16,18H,2,6,9-12H2,1H3. The highest BCUT2D eigenvalue weighted by Crippen LogP contribution is 2.31. The molecule has 2 saturated heterocycles. The SMILES string of the molecule is CCCC1NC(c2ccccc2)N(CC2CCSC2)C1=O. The first-order valence-electron chi connectivity index (χ1n) is 7.98. The summed E-state index contributed by atoms with van der Waals surface area (Å²) in [5, 5.41) is 3.55. The largest absolute Gasteiger partial charge is 0.321 e. The van der Waals surface area contributed by atoms with Gasteiger partial charge >= 0.3 is 0 Å². The number of thioether (sulfide) groups is 1. The molecule has 1 N–H and O–H groups in total. The van der Waals surface area contributed by atoms with Crippen LogP contribution < -0.4 is 5.32 Å². The van der Waals surface area contributed by atoms with E-state index in [0.29, 0.717) is 11.8 Å². The van der Waals surface area contributed by atoms with Gasteiger partial charge in [0.25, 0.3) is 0 Å². The summed E-state index contributed by atoms with van der Waals surface area (Å²) in [4.78, 5) is 14.8. The van der Waals surface area contributed by atoms with Gasteiger partial charge in [0, 0.05) is 6.54 Å². The fraction of sp³-hybridized carbons (Fsp3) is 0.588. The Kier molecular flexibility index (Phi) is 4.86. The number of carbonyl (C=O) groups excluding carboxylic acids is 1. The first-order chi connectivity index (χ1) is 10.3. The molecule has 3 atom stereocenters. The molecular weight excluding hydrogens is 280 g/mol. The highest BCUT2D eigenvalue weighted by molar-refractivity contribution is 7.99. The Balaban J connectivity index is 1.79. The molecule has 0 aromatic heterocycles. The van der Waals surface area contributed by atoms with Crippen molar-refractivity contribution in [3.05, 3.63) is 35.9 Å². The second kappa shape index (κ2) is 6.84. The summed E-state index contributed by atoms with van der Waals surface area (Å²) >= 11 is 2.02. The van der Waals surface area contributed by atoms with Gasteiger partial charge in [-0.25, -0.2) is 0 Å². The van der Waals surface area contributed by atoms with E-state index in [-0.39, 0.29) is 12.2 Å².